The summed E-state index contributed by atoms with van der Waals surface area (Å²) in [6, 6.07) is 5.12. The first-order valence-electron chi connectivity index (χ1n) is 8.60. The first-order valence-corrected chi connectivity index (χ1v) is 8.60. The van der Waals surface area contributed by atoms with E-state index in [9.17, 15) is 8.78 Å². The predicted molar refractivity (Wildman–Crippen MR) is 96.1 cm³/mol. The van der Waals surface area contributed by atoms with Gasteiger partial charge in [-0.3, -0.25) is 0 Å². The maximum Gasteiger partial charge on any atom is 0.224 e. The van der Waals surface area contributed by atoms with Gasteiger partial charge in [-0.25, -0.2) is 13.8 Å². The third-order valence-electron chi connectivity index (χ3n) is 4.16. The summed E-state index contributed by atoms with van der Waals surface area (Å²) in [4.78, 5) is 8.72. The van der Waals surface area contributed by atoms with Crippen molar-refractivity contribution < 1.29 is 8.78 Å². The standard InChI is InChI=1S/C19H22F2N4/c1-13-11-18(24-17-8-7-15(20)12-16(17)21)25-19(23-13)22-10-9-14-5-3-2-4-6-14/h5,7-8,11-12H,2-4,6,9-10H2,1H3,(H2,22,23,24,25). The molecule has 132 valence electrons. The summed E-state index contributed by atoms with van der Waals surface area (Å²) < 4.78 is 26.8. The summed E-state index contributed by atoms with van der Waals surface area (Å²) in [6.07, 6.45) is 8.21. The Bertz CT molecular complexity index is 774. The Morgan fingerprint density at radius 1 is 1.12 bits per heavy atom. The number of aromatic nitrogens is 2. The van der Waals surface area contributed by atoms with Crippen LogP contribution >= 0.6 is 0 Å². The molecule has 2 aromatic rings. The quantitative estimate of drug-likeness (QED) is 0.715. The van der Waals surface area contributed by atoms with E-state index in [0.717, 1.165) is 24.7 Å². The number of anilines is 3. The first kappa shape index (κ1) is 17.3. The number of nitrogens with zero attached hydrogens (tertiary/aromatic N) is 2. The second kappa shape index (κ2) is 8.05. The van der Waals surface area contributed by atoms with Crippen molar-refractivity contribution in [1.29, 1.82) is 0 Å². The summed E-state index contributed by atoms with van der Waals surface area (Å²) in [7, 11) is 0. The zero-order valence-corrected chi connectivity index (χ0v) is 14.3. The van der Waals surface area contributed by atoms with E-state index >= 15 is 0 Å². The molecule has 0 aliphatic heterocycles. The molecule has 0 saturated carbocycles. The lowest BCUT2D eigenvalue weighted by Gasteiger charge is -2.14. The average Bonchev–Trinajstić information content (AvgIpc) is 2.58. The molecule has 1 aromatic carbocycles. The van der Waals surface area contributed by atoms with Crippen LogP contribution in [0.25, 0.3) is 0 Å². The van der Waals surface area contributed by atoms with Crippen molar-refractivity contribution in [2.45, 2.75) is 39.0 Å². The Labute approximate surface area is 146 Å². The predicted octanol–water partition coefficient (Wildman–Crippen LogP) is 5.11. The van der Waals surface area contributed by atoms with Crippen LogP contribution in [-0.4, -0.2) is 16.5 Å². The van der Waals surface area contributed by atoms with Crippen LogP contribution < -0.4 is 10.6 Å². The van der Waals surface area contributed by atoms with Crippen LogP contribution in [0.15, 0.2) is 35.9 Å². The van der Waals surface area contributed by atoms with Gasteiger partial charge in [-0.2, -0.15) is 4.98 Å². The highest BCUT2D eigenvalue weighted by Crippen LogP contribution is 2.22. The number of benzene rings is 1. The normalized spacial score (nSPS) is 14.1. The van der Waals surface area contributed by atoms with Crippen molar-refractivity contribution in [2.75, 3.05) is 17.2 Å². The molecule has 0 radical (unpaired) electrons. The van der Waals surface area contributed by atoms with Crippen molar-refractivity contribution in [2.24, 2.45) is 0 Å². The van der Waals surface area contributed by atoms with E-state index in [4.69, 9.17) is 0 Å². The van der Waals surface area contributed by atoms with Gasteiger partial charge in [-0.1, -0.05) is 11.6 Å². The lowest BCUT2D eigenvalue weighted by Crippen LogP contribution is -2.09. The number of halogens is 2. The monoisotopic (exact) mass is 344 g/mol. The van der Waals surface area contributed by atoms with Crippen LogP contribution in [0.4, 0.5) is 26.2 Å². The van der Waals surface area contributed by atoms with Crippen LogP contribution in [0.2, 0.25) is 0 Å². The van der Waals surface area contributed by atoms with Gasteiger partial charge in [0.05, 0.1) is 5.69 Å². The molecular weight excluding hydrogens is 322 g/mol. The zero-order valence-electron chi connectivity index (χ0n) is 14.3. The fraction of sp³-hybridized carbons (Fsp3) is 0.368. The molecule has 1 heterocycles. The molecule has 3 rings (SSSR count). The molecule has 4 nitrogen and oxygen atoms in total. The SMILES string of the molecule is Cc1cc(Nc2ccc(F)cc2F)nc(NCCC2=CCCCC2)n1. The van der Waals surface area contributed by atoms with Crippen molar-refractivity contribution >= 4 is 17.5 Å². The third kappa shape index (κ3) is 4.98. The van der Waals surface area contributed by atoms with E-state index in [-0.39, 0.29) is 5.69 Å². The summed E-state index contributed by atoms with van der Waals surface area (Å²) in [5, 5.41) is 6.10. The maximum atomic E-state index is 13.8. The Hall–Kier alpha value is -2.50. The smallest absolute Gasteiger partial charge is 0.224 e. The van der Waals surface area contributed by atoms with E-state index < -0.39 is 11.6 Å². The van der Waals surface area contributed by atoms with E-state index in [0.29, 0.717) is 11.8 Å². The molecule has 0 fully saturated rings. The van der Waals surface area contributed by atoms with Crippen LogP contribution in [-0.2, 0) is 0 Å². The highest BCUT2D eigenvalue weighted by atomic mass is 19.1. The van der Waals surface area contributed by atoms with Gasteiger partial charge in [0.2, 0.25) is 5.95 Å². The van der Waals surface area contributed by atoms with Crippen LogP contribution in [0, 0.1) is 18.6 Å². The zero-order chi connectivity index (χ0) is 17.6. The fourth-order valence-electron chi connectivity index (χ4n) is 2.91. The summed E-state index contributed by atoms with van der Waals surface area (Å²) in [5.74, 6) is -0.296. The summed E-state index contributed by atoms with van der Waals surface area (Å²) >= 11 is 0. The molecule has 1 aromatic heterocycles. The van der Waals surface area contributed by atoms with Gasteiger partial charge in [0.1, 0.15) is 17.5 Å². The largest absolute Gasteiger partial charge is 0.354 e. The lowest BCUT2D eigenvalue weighted by atomic mass is 9.97. The second-order valence-electron chi connectivity index (χ2n) is 6.25. The van der Waals surface area contributed by atoms with E-state index in [2.05, 4.69) is 26.7 Å². The van der Waals surface area contributed by atoms with E-state index in [1.165, 1.54) is 43.4 Å². The Balaban J connectivity index is 1.64. The molecule has 2 N–H and O–H groups in total. The van der Waals surface area contributed by atoms with Crippen molar-refractivity contribution in [3.63, 3.8) is 0 Å². The van der Waals surface area contributed by atoms with Gasteiger partial charge in [-0.15, -0.1) is 0 Å². The molecule has 0 unspecified atom stereocenters. The molecule has 1 aliphatic carbocycles. The molecule has 6 heteroatoms. The minimum Gasteiger partial charge on any atom is -0.354 e. The third-order valence-corrected chi connectivity index (χ3v) is 4.16. The first-order chi connectivity index (χ1) is 12.1. The molecule has 0 amide bonds. The van der Waals surface area contributed by atoms with Crippen molar-refractivity contribution in [3.05, 3.63) is 53.2 Å². The van der Waals surface area contributed by atoms with E-state index in [1.807, 2.05) is 6.92 Å². The van der Waals surface area contributed by atoms with Gasteiger partial charge in [0, 0.05) is 24.4 Å². The van der Waals surface area contributed by atoms with Gasteiger partial charge in [0.25, 0.3) is 0 Å². The van der Waals surface area contributed by atoms with Gasteiger partial charge in [-0.05, 0) is 51.2 Å². The number of hydrogen-bond donors (Lipinski definition) is 2. The molecule has 0 bridgehead atoms. The molecule has 0 spiro atoms. The fourth-order valence-corrected chi connectivity index (χ4v) is 2.91. The second-order valence-corrected chi connectivity index (χ2v) is 6.25. The highest BCUT2D eigenvalue weighted by molar-refractivity contribution is 5.58. The lowest BCUT2D eigenvalue weighted by molar-refractivity contribution is 0.586. The average molecular weight is 344 g/mol. The molecule has 0 atom stereocenters. The number of hydrogen-bond acceptors (Lipinski definition) is 4. The van der Waals surface area contributed by atoms with E-state index in [1.54, 1.807) is 6.07 Å². The summed E-state index contributed by atoms with van der Waals surface area (Å²) in [6.45, 7) is 2.61. The van der Waals surface area contributed by atoms with Crippen LogP contribution in [0.5, 0.6) is 0 Å². The highest BCUT2D eigenvalue weighted by Gasteiger charge is 2.08. The van der Waals surface area contributed by atoms with Crippen molar-refractivity contribution in [1.82, 2.24) is 9.97 Å². The Morgan fingerprint density at radius 2 is 2.00 bits per heavy atom. The van der Waals surface area contributed by atoms with Crippen molar-refractivity contribution in [3.8, 4) is 0 Å². The van der Waals surface area contributed by atoms with Gasteiger partial charge < -0.3 is 10.6 Å². The number of nitrogens with one attached hydrogen (secondary N) is 2. The number of aryl methyl sites for hydroxylation is 1. The molecular formula is C19H22F2N4. The molecule has 0 saturated heterocycles. The summed E-state index contributed by atoms with van der Waals surface area (Å²) in [5.41, 5.74) is 2.43. The van der Waals surface area contributed by atoms with Crippen LogP contribution in [0.1, 0.15) is 37.8 Å². The minimum absolute atomic E-state index is 0.179. The minimum atomic E-state index is -0.657. The maximum absolute atomic E-state index is 13.8. The van der Waals surface area contributed by atoms with Gasteiger partial charge in [0.15, 0.2) is 0 Å². The topological polar surface area (TPSA) is 49.8 Å². The van der Waals surface area contributed by atoms with Gasteiger partial charge >= 0.3 is 0 Å². The number of allylic oxidation sites excluding steroid dienone is 1. The van der Waals surface area contributed by atoms with Crippen LogP contribution in [0.3, 0.4) is 0 Å². The molecule has 25 heavy (non-hydrogen) atoms. The number of rotatable bonds is 6. The molecule has 1 aliphatic rings. The Morgan fingerprint density at radius 3 is 2.76 bits per heavy atom. The Kier molecular flexibility index (Phi) is 5.58.